The lowest BCUT2D eigenvalue weighted by Crippen LogP contribution is -2.33. The predicted octanol–water partition coefficient (Wildman–Crippen LogP) is 2.81. The van der Waals surface area contributed by atoms with E-state index in [9.17, 15) is 9.18 Å². The van der Waals surface area contributed by atoms with Gasteiger partial charge in [0.15, 0.2) is 0 Å². The van der Waals surface area contributed by atoms with Crippen LogP contribution in [0.15, 0.2) is 36.4 Å². The Morgan fingerprint density at radius 2 is 2.00 bits per heavy atom. The predicted molar refractivity (Wildman–Crippen MR) is 112 cm³/mol. The Balaban J connectivity index is 1.50. The fourth-order valence-electron chi connectivity index (χ4n) is 4.18. The van der Waals surface area contributed by atoms with Crippen LogP contribution in [-0.2, 0) is 11.2 Å². The first-order chi connectivity index (χ1) is 14.1. The molecule has 2 fully saturated rings. The van der Waals surface area contributed by atoms with Gasteiger partial charge in [-0.2, -0.15) is 0 Å². The summed E-state index contributed by atoms with van der Waals surface area (Å²) in [7, 11) is 1.49. The third-order valence-electron chi connectivity index (χ3n) is 5.73. The van der Waals surface area contributed by atoms with Crippen molar-refractivity contribution in [1.82, 2.24) is 10.9 Å². The molecule has 4 rings (SSSR count). The highest BCUT2D eigenvalue weighted by Gasteiger charge is 2.33. The lowest BCUT2D eigenvalue weighted by molar-refractivity contribution is -0.117. The van der Waals surface area contributed by atoms with Crippen LogP contribution in [0.1, 0.15) is 30.4 Å². The molecule has 0 aliphatic carbocycles. The summed E-state index contributed by atoms with van der Waals surface area (Å²) in [6, 6.07) is 10.3. The van der Waals surface area contributed by atoms with Crippen LogP contribution in [0.5, 0.6) is 5.75 Å². The van der Waals surface area contributed by atoms with Gasteiger partial charge in [0, 0.05) is 49.1 Å². The van der Waals surface area contributed by atoms with Crippen LogP contribution < -0.4 is 25.8 Å². The molecule has 1 amide bonds. The first kappa shape index (κ1) is 19.7. The molecule has 6 nitrogen and oxygen atoms in total. The van der Waals surface area contributed by atoms with Crippen molar-refractivity contribution >= 4 is 17.3 Å². The second-order valence-corrected chi connectivity index (χ2v) is 7.55. The molecule has 2 saturated heterocycles. The van der Waals surface area contributed by atoms with Crippen LogP contribution in [0.2, 0.25) is 0 Å². The Labute approximate surface area is 170 Å². The maximum atomic E-state index is 13.8. The van der Waals surface area contributed by atoms with E-state index >= 15 is 0 Å². The molecule has 2 aliphatic heterocycles. The third-order valence-corrected chi connectivity index (χ3v) is 5.73. The quantitative estimate of drug-likeness (QED) is 0.698. The summed E-state index contributed by atoms with van der Waals surface area (Å²) in [6.45, 7) is 4.61. The van der Waals surface area contributed by atoms with E-state index in [-0.39, 0.29) is 11.9 Å². The molecular weight excluding hydrogens is 371 g/mol. The summed E-state index contributed by atoms with van der Waals surface area (Å²) >= 11 is 0. The smallest absolute Gasteiger partial charge is 0.249 e. The Hall–Kier alpha value is -2.64. The topological polar surface area (TPSA) is 65.6 Å². The monoisotopic (exact) mass is 398 g/mol. The lowest BCUT2D eigenvalue weighted by Gasteiger charge is -2.21. The summed E-state index contributed by atoms with van der Waals surface area (Å²) in [5, 5.41) is 3.16. The number of hydrogen-bond donors (Lipinski definition) is 3. The molecule has 0 radical (unpaired) electrons. The zero-order chi connectivity index (χ0) is 20.4. The Morgan fingerprint density at radius 3 is 2.72 bits per heavy atom. The van der Waals surface area contributed by atoms with Crippen LogP contribution in [-0.4, -0.2) is 38.7 Å². The van der Waals surface area contributed by atoms with Gasteiger partial charge in [0.1, 0.15) is 17.6 Å². The van der Waals surface area contributed by atoms with Gasteiger partial charge in [-0.1, -0.05) is 13.0 Å². The largest absolute Gasteiger partial charge is 0.497 e. The van der Waals surface area contributed by atoms with E-state index in [1.165, 1.54) is 30.4 Å². The Morgan fingerprint density at radius 1 is 1.21 bits per heavy atom. The van der Waals surface area contributed by atoms with Gasteiger partial charge in [0.05, 0.1) is 7.11 Å². The van der Waals surface area contributed by atoms with E-state index < -0.39 is 5.82 Å². The van der Waals surface area contributed by atoms with Gasteiger partial charge in [-0.05, 0) is 42.2 Å². The molecule has 2 aliphatic rings. The van der Waals surface area contributed by atoms with Crippen LogP contribution in [0.4, 0.5) is 15.8 Å². The number of carbonyl (C=O) groups is 1. The molecule has 0 spiro atoms. The van der Waals surface area contributed by atoms with Crippen molar-refractivity contribution in [3.05, 3.63) is 53.3 Å². The second kappa shape index (κ2) is 8.39. The number of hydrogen-bond acceptors (Lipinski definition) is 5. The summed E-state index contributed by atoms with van der Waals surface area (Å²) in [4.78, 5) is 14.8. The lowest BCUT2D eigenvalue weighted by atomic mass is 9.93. The number of amides is 1. The number of hydrazine groups is 1. The molecule has 154 valence electrons. The molecule has 0 aromatic heterocycles. The van der Waals surface area contributed by atoms with Gasteiger partial charge in [-0.15, -0.1) is 0 Å². The number of rotatable bonds is 6. The highest BCUT2D eigenvalue weighted by molar-refractivity contribution is 6.01. The molecular formula is C22H27FN4O2. The van der Waals surface area contributed by atoms with E-state index in [4.69, 9.17) is 4.74 Å². The minimum atomic E-state index is -0.395. The third kappa shape index (κ3) is 4.06. The highest BCUT2D eigenvalue weighted by Crippen LogP contribution is 2.30. The molecule has 29 heavy (non-hydrogen) atoms. The first-order valence-electron chi connectivity index (χ1n) is 10.1. The van der Waals surface area contributed by atoms with Crippen molar-refractivity contribution in [3.63, 3.8) is 0 Å². The number of anilines is 2. The van der Waals surface area contributed by atoms with E-state index in [0.29, 0.717) is 30.3 Å². The van der Waals surface area contributed by atoms with Gasteiger partial charge in [0.25, 0.3) is 0 Å². The number of nitrogens with zero attached hydrogens (tertiary/aromatic N) is 1. The Kier molecular flexibility index (Phi) is 5.69. The van der Waals surface area contributed by atoms with Crippen molar-refractivity contribution in [1.29, 1.82) is 0 Å². The highest BCUT2D eigenvalue weighted by atomic mass is 19.1. The minimum absolute atomic E-state index is 0.00670. The molecule has 0 bridgehead atoms. The summed E-state index contributed by atoms with van der Waals surface area (Å²) in [6.07, 6.45) is 1.59. The number of nitrogens with one attached hydrogen (secondary N) is 3. The summed E-state index contributed by atoms with van der Waals surface area (Å²) in [5.41, 5.74) is 10.4. The molecule has 2 aromatic carbocycles. The van der Waals surface area contributed by atoms with Gasteiger partial charge in [0.2, 0.25) is 5.91 Å². The van der Waals surface area contributed by atoms with Crippen molar-refractivity contribution in [2.45, 2.75) is 31.7 Å². The standard InChI is InChI=1S/C22H27FN4O2/c1-3-14-8-18(4-5-20(14)15-12-24-25-13-15)27-7-6-21(22(27)28)26-17-9-16(23)10-19(11-17)29-2/h4-5,8-11,15,21,24-26H,3,6-7,12-13H2,1-2H3. The number of methoxy groups -OCH3 is 1. The maximum Gasteiger partial charge on any atom is 0.249 e. The van der Waals surface area contributed by atoms with E-state index in [0.717, 1.165) is 25.2 Å². The second-order valence-electron chi connectivity index (χ2n) is 7.55. The molecule has 7 heteroatoms. The summed E-state index contributed by atoms with van der Waals surface area (Å²) in [5.74, 6) is 0.486. The first-order valence-corrected chi connectivity index (χ1v) is 10.1. The van der Waals surface area contributed by atoms with Crippen LogP contribution in [0.25, 0.3) is 0 Å². The van der Waals surface area contributed by atoms with Gasteiger partial charge in [-0.3, -0.25) is 15.6 Å². The zero-order valence-electron chi connectivity index (χ0n) is 16.8. The molecule has 3 N–H and O–H groups in total. The van der Waals surface area contributed by atoms with Crippen molar-refractivity contribution < 1.29 is 13.9 Å². The number of benzene rings is 2. The maximum absolute atomic E-state index is 13.8. The van der Waals surface area contributed by atoms with E-state index in [1.54, 1.807) is 6.07 Å². The van der Waals surface area contributed by atoms with Crippen molar-refractivity contribution in [2.24, 2.45) is 0 Å². The molecule has 2 aromatic rings. The molecule has 2 heterocycles. The van der Waals surface area contributed by atoms with Crippen molar-refractivity contribution in [3.8, 4) is 5.75 Å². The summed E-state index contributed by atoms with van der Waals surface area (Å²) < 4.78 is 18.9. The SMILES string of the molecule is CCc1cc(N2CCC(Nc3cc(F)cc(OC)c3)C2=O)ccc1C1CNNC1. The number of aryl methyl sites for hydroxylation is 1. The molecule has 0 saturated carbocycles. The van der Waals surface area contributed by atoms with Crippen LogP contribution in [0, 0.1) is 5.82 Å². The Bertz CT molecular complexity index is 898. The fourth-order valence-corrected chi connectivity index (χ4v) is 4.18. The molecule has 1 atom stereocenters. The normalized spacial score (nSPS) is 19.8. The average molecular weight is 398 g/mol. The van der Waals surface area contributed by atoms with Gasteiger partial charge in [-0.25, -0.2) is 4.39 Å². The van der Waals surface area contributed by atoms with E-state index in [2.05, 4.69) is 35.2 Å². The van der Waals surface area contributed by atoms with E-state index in [1.807, 2.05) is 11.0 Å². The van der Waals surface area contributed by atoms with Gasteiger partial charge >= 0.3 is 0 Å². The fraction of sp³-hybridized carbons (Fsp3) is 0.409. The zero-order valence-corrected chi connectivity index (χ0v) is 16.8. The minimum Gasteiger partial charge on any atom is -0.497 e. The molecule has 1 unspecified atom stereocenters. The number of ether oxygens (including phenoxy) is 1. The van der Waals surface area contributed by atoms with Crippen molar-refractivity contribution in [2.75, 3.05) is 37.0 Å². The van der Waals surface area contributed by atoms with Crippen LogP contribution >= 0.6 is 0 Å². The van der Waals surface area contributed by atoms with Crippen LogP contribution in [0.3, 0.4) is 0 Å². The number of halogens is 1. The average Bonchev–Trinajstić information content (AvgIpc) is 3.38. The number of carbonyl (C=O) groups excluding carboxylic acids is 1. The van der Waals surface area contributed by atoms with Gasteiger partial charge < -0.3 is 15.0 Å².